The number of ether oxygens (including phenoxy) is 1. The normalized spacial score (nSPS) is 16.2. The van der Waals surface area contributed by atoms with Crippen LogP contribution in [-0.4, -0.2) is 17.4 Å². The van der Waals surface area contributed by atoms with E-state index in [0.717, 1.165) is 11.1 Å². The van der Waals surface area contributed by atoms with Crippen LogP contribution in [0.1, 0.15) is 31.4 Å². The third kappa shape index (κ3) is 3.16. The summed E-state index contributed by atoms with van der Waals surface area (Å²) in [6.07, 6.45) is 0.288. The monoisotopic (exact) mass is 324 g/mol. The van der Waals surface area contributed by atoms with Crippen LogP contribution in [0.2, 0.25) is 0 Å². The lowest BCUT2D eigenvalue weighted by atomic mass is 9.82. The van der Waals surface area contributed by atoms with Crippen LogP contribution in [0.5, 0.6) is 0 Å². The summed E-state index contributed by atoms with van der Waals surface area (Å²) in [4.78, 5) is 18.1. The largest absolute Gasteiger partial charge is 0.440 e. The molecule has 24 heavy (non-hydrogen) atoms. The molecule has 0 saturated carbocycles. The summed E-state index contributed by atoms with van der Waals surface area (Å²) in [6.45, 7) is 3.23. The second kappa shape index (κ2) is 6.09. The second-order valence-electron chi connectivity index (χ2n) is 6.36. The number of nitrogens with two attached hydrogens (primary N) is 1. The molecule has 0 spiro atoms. The number of carbonyl (C=O) groups is 1. The molecule has 0 aliphatic carbocycles. The van der Waals surface area contributed by atoms with Crippen molar-refractivity contribution in [1.82, 2.24) is 0 Å². The van der Waals surface area contributed by atoms with E-state index in [4.69, 9.17) is 15.3 Å². The van der Waals surface area contributed by atoms with E-state index < -0.39 is 17.3 Å². The molecule has 2 aromatic carbocycles. The third-order valence-corrected chi connectivity index (χ3v) is 3.80. The fraction of sp³-hybridized carbons (Fsp3) is 0.263. The van der Waals surface area contributed by atoms with E-state index in [9.17, 15) is 4.79 Å². The lowest BCUT2D eigenvalue weighted by Gasteiger charge is -2.27. The number of nitrogens with zero attached hydrogens (tertiary/aromatic N) is 1. The average Bonchev–Trinajstić information content (AvgIpc) is 3.02. The summed E-state index contributed by atoms with van der Waals surface area (Å²) >= 11 is 0. The maximum atomic E-state index is 12.3. The maximum absolute atomic E-state index is 12.3. The number of rotatable bonds is 4. The van der Waals surface area contributed by atoms with Gasteiger partial charge in [0.25, 0.3) is 0 Å². The molecule has 1 heterocycles. The Morgan fingerprint density at radius 1 is 1.08 bits per heavy atom. The fourth-order valence-corrected chi connectivity index (χ4v) is 2.73. The molecule has 0 amide bonds. The predicted octanol–water partition coefficient (Wildman–Crippen LogP) is 2.94. The molecule has 0 radical (unpaired) electrons. The number of benzene rings is 2. The molecule has 1 aliphatic heterocycles. The van der Waals surface area contributed by atoms with Gasteiger partial charge in [-0.15, -0.1) is 0 Å². The number of hydrogen-bond acceptors (Lipinski definition) is 5. The summed E-state index contributed by atoms with van der Waals surface area (Å²) in [5, 5.41) is 4.01. The first-order valence-corrected chi connectivity index (χ1v) is 7.79. The smallest absolute Gasteiger partial charge is 0.358 e. The number of oxime groups is 1. The first-order chi connectivity index (χ1) is 11.4. The lowest BCUT2D eigenvalue weighted by Crippen LogP contribution is -2.40. The first-order valence-electron chi connectivity index (χ1n) is 7.79. The van der Waals surface area contributed by atoms with Gasteiger partial charge >= 0.3 is 5.97 Å². The van der Waals surface area contributed by atoms with Gasteiger partial charge in [-0.25, -0.2) is 4.79 Å². The summed E-state index contributed by atoms with van der Waals surface area (Å²) < 4.78 is 5.21. The molecule has 0 unspecified atom stereocenters. The van der Waals surface area contributed by atoms with Gasteiger partial charge in [-0.1, -0.05) is 65.8 Å². The highest BCUT2D eigenvalue weighted by Gasteiger charge is 2.45. The van der Waals surface area contributed by atoms with Crippen LogP contribution in [0, 0.1) is 0 Å². The molecular formula is C19H20N2O3. The molecule has 0 saturated heterocycles. The number of carbonyl (C=O) groups excluding carboxylic acids is 1. The van der Waals surface area contributed by atoms with Gasteiger partial charge in [-0.3, -0.25) is 5.73 Å². The van der Waals surface area contributed by atoms with E-state index in [1.165, 1.54) is 0 Å². The van der Waals surface area contributed by atoms with Gasteiger partial charge in [0.15, 0.2) is 17.0 Å². The van der Waals surface area contributed by atoms with Gasteiger partial charge in [-0.2, -0.15) is 0 Å². The molecule has 2 aromatic rings. The molecule has 0 atom stereocenters. The van der Waals surface area contributed by atoms with Gasteiger partial charge in [0.1, 0.15) is 0 Å². The van der Waals surface area contributed by atoms with Crippen LogP contribution >= 0.6 is 0 Å². The van der Waals surface area contributed by atoms with E-state index in [-0.39, 0.29) is 12.1 Å². The Morgan fingerprint density at radius 3 is 2.04 bits per heavy atom. The van der Waals surface area contributed by atoms with Gasteiger partial charge in [-0.05, 0) is 13.8 Å². The van der Waals surface area contributed by atoms with Crippen molar-refractivity contribution >= 4 is 11.7 Å². The minimum atomic E-state index is -1.07. The van der Waals surface area contributed by atoms with Crippen molar-refractivity contribution in [2.24, 2.45) is 10.9 Å². The predicted molar refractivity (Wildman–Crippen MR) is 91.2 cm³/mol. The average molecular weight is 324 g/mol. The van der Waals surface area contributed by atoms with Crippen molar-refractivity contribution in [2.75, 3.05) is 0 Å². The van der Waals surface area contributed by atoms with Crippen molar-refractivity contribution < 1.29 is 14.4 Å². The molecule has 1 aliphatic rings. The van der Waals surface area contributed by atoms with Gasteiger partial charge in [0, 0.05) is 11.1 Å². The molecule has 0 fully saturated rings. The van der Waals surface area contributed by atoms with Crippen LogP contribution in [0.4, 0.5) is 0 Å². The molecule has 2 N–H and O–H groups in total. The highest BCUT2D eigenvalue weighted by molar-refractivity contribution is 6.37. The topological polar surface area (TPSA) is 73.9 Å². The molecular weight excluding hydrogens is 304 g/mol. The highest BCUT2D eigenvalue weighted by atomic mass is 16.7. The van der Waals surface area contributed by atoms with Crippen molar-refractivity contribution in [3.63, 3.8) is 0 Å². The van der Waals surface area contributed by atoms with Crippen molar-refractivity contribution in [2.45, 2.75) is 31.6 Å². The highest BCUT2D eigenvalue weighted by Crippen LogP contribution is 2.41. The lowest BCUT2D eigenvalue weighted by molar-refractivity contribution is -0.147. The van der Waals surface area contributed by atoms with Crippen molar-refractivity contribution in [3.8, 4) is 0 Å². The maximum Gasteiger partial charge on any atom is 0.358 e. The van der Waals surface area contributed by atoms with Crippen molar-refractivity contribution in [3.05, 3.63) is 71.8 Å². The standard InChI is InChI=1S/C19H20N2O3/c1-18(2,20)23-17(22)16-13-19(24-21-16,14-9-5-3-6-10-14)15-11-7-4-8-12-15/h3-12H,13,20H2,1-2H3. The zero-order valence-electron chi connectivity index (χ0n) is 13.7. The van der Waals surface area contributed by atoms with E-state index in [2.05, 4.69) is 5.16 Å². The van der Waals surface area contributed by atoms with Crippen LogP contribution < -0.4 is 5.73 Å². The molecule has 5 nitrogen and oxygen atoms in total. The summed E-state index contributed by atoms with van der Waals surface area (Å²) in [7, 11) is 0. The Labute approximate surface area is 141 Å². The minimum absolute atomic E-state index is 0.223. The summed E-state index contributed by atoms with van der Waals surface area (Å²) in [6, 6.07) is 19.5. The van der Waals surface area contributed by atoms with Crippen LogP contribution in [0.25, 0.3) is 0 Å². The first kappa shape index (κ1) is 16.2. The molecule has 3 rings (SSSR count). The third-order valence-electron chi connectivity index (χ3n) is 3.80. The van der Waals surface area contributed by atoms with E-state index in [0.29, 0.717) is 0 Å². The number of hydrogen-bond donors (Lipinski definition) is 1. The van der Waals surface area contributed by atoms with Crippen LogP contribution in [0.15, 0.2) is 65.8 Å². The Balaban J connectivity index is 1.95. The zero-order chi connectivity index (χ0) is 17.2. The van der Waals surface area contributed by atoms with E-state index in [1.807, 2.05) is 60.7 Å². The second-order valence-corrected chi connectivity index (χ2v) is 6.36. The fourth-order valence-electron chi connectivity index (χ4n) is 2.73. The van der Waals surface area contributed by atoms with Crippen LogP contribution in [0.3, 0.4) is 0 Å². The van der Waals surface area contributed by atoms with Crippen molar-refractivity contribution in [1.29, 1.82) is 0 Å². The van der Waals surface area contributed by atoms with Crippen LogP contribution in [-0.2, 0) is 20.0 Å². The Hall–Kier alpha value is -2.66. The summed E-state index contributed by atoms with van der Waals surface area (Å²) in [5.74, 6) is -0.559. The minimum Gasteiger partial charge on any atom is -0.440 e. The molecule has 124 valence electrons. The van der Waals surface area contributed by atoms with Gasteiger partial charge < -0.3 is 9.57 Å². The van der Waals surface area contributed by atoms with Gasteiger partial charge in [0.2, 0.25) is 0 Å². The Morgan fingerprint density at radius 2 is 1.58 bits per heavy atom. The molecule has 5 heteroatoms. The number of esters is 1. The Bertz CT molecular complexity index is 710. The van der Waals surface area contributed by atoms with Gasteiger partial charge in [0.05, 0.1) is 6.42 Å². The zero-order valence-corrected chi connectivity index (χ0v) is 13.7. The quantitative estimate of drug-likeness (QED) is 0.693. The Kier molecular flexibility index (Phi) is 4.11. The van der Waals surface area contributed by atoms with E-state index >= 15 is 0 Å². The summed E-state index contributed by atoms with van der Waals surface area (Å²) in [5.41, 5.74) is 5.93. The SMILES string of the molecule is CC(C)(N)OC(=O)C1=NOC(c2ccccc2)(c2ccccc2)C1. The van der Waals surface area contributed by atoms with E-state index in [1.54, 1.807) is 13.8 Å². The molecule has 0 aromatic heterocycles. The molecule has 0 bridgehead atoms.